The van der Waals surface area contributed by atoms with Crippen molar-refractivity contribution < 1.29 is 4.39 Å². The molecule has 0 saturated heterocycles. The van der Waals surface area contributed by atoms with Gasteiger partial charge in [-0.3, -0.25) is 0 Å². The molecule has 82 valence electrons. The van der Waals surface area contributed by atoms with Gasteiger partial charge < -0.3 is 0 Å². The van der Waals surface area contributed by atoms with E-state index in [1.54, 1.807) is 6.07 Å². The monoisotopic (exact) mass is 206 g/mol. The first-order chi connectivity index (χ1) is 7.24. The third-order valence-corrected chi connectivity index (χ3v) is 1.72. The van der Waals surface area contributed by atoms with E-state index in [0.29, 0.717) is 5.56 Å². The highest BCUT2D eigenvalue weighted by molar-refractivity contribution is 5.37. The molecule has 0 aliphatic carbocycles. The van der Waals surface area contributed by atoms with Crippen molar-refractivity contribution >= 4 is 0 Å². The number of aryl methyl sites for hydroxylation is 1. The third kappa shape index (κ3) is 5.22. The molecule has 0 aliphatic rings. The Morgan fingerprint density at radius 3 is 2.47 bits per heavy atom. The van der Waals surface area contributed by atoms with E-state index in [9.17, 15) is 4.39 Å². The summed E-state index contributed by atoms with van der Waals surface area (Å²) in [5.41, 5.74) is 1.43. The van der Waals surface area contributed by atoms with Crippen molar-refractivity contribution in [3.63, 3.8) is 0 Å². The Labute approximate surface area is 92.5 Å². The van der Waals surface area contributed by atoms with Crippen molar-refractivity contribution in [2.45, 2.75) is 40.5 Å². The lowest BCUT2D eigenvalue weighted by molar-refractivity contribution is 0.623. The van der Waals surface area contributed by atoms with Gasteiger partial charge in [0.1, 0.15) is 5.82 Å². The normalized spacial score (nSPS) is 8.33. The van der Waals surface area contributed by atoms with E-state index in [1.807, 2.05) is 26.8 Å². The topological polar surface area (TPSA) is 0 Å². The highest BCUT2D eigenvalue weighted by atomic mass is 19.1. The highest BCUT2D eigenvalue weighted by Gasteiger charge is 1.97. The number of unbranched alkanes of at least 4 members (excludes halogenated alkanes) is 1. The molecule has 0 amide bonds. The molecule has 0 fully saturated rings. The zero-order chi connectivity index (χ0) is 11.7. The second-order valence-corrected chi connectivity index (χ2v) is 3.04. The van der Waals surface area contributed by atoms with Crippen LogP contribution in [0.4, 0.5) is 4.39 Å². The number of rotatable bonds is 1. The van der Waals surface area contributed by atoms with Crippen LogP contribution in [0.5, 0.6) is 0 Å². The maximum atomic E-state index is 13.2. The van der Waals surface area contributed by atoms with Gasteiger partial charge >= 0.3 is 0 Å². The predicted octanol–water partition coefficient (Wildman–Crippen LogP) is 4.31. The molecule has 0 aromatic heterocycles. The number of benzene rings is 1. The molecule has 0 unspecified atom stereocenters. The third-order valence-electron chi connectivity index (χ3n) is 1.72. The lowest BCUT2D eigenvalue weighted by atomic mass is 10.1. The van der Waals surface area contributed by atoms with Gasteiger partial charge in [0.25, 0.3) is 0 Å². The molecule has 0 saturated carbocycles. The summed E-state index contributed by atoms with van der Waals surface area (Å²) < 4.78 is 13.2. The van der Waals surface area contributed by atoms with Gasteiger partial charge in [-0.1, -0.05) is 38.7 Å². The second-order valence-electron chi connectivity index (χ2n) is 3.04. The molecule has 1 heteroatoms. The molecule has 1 aromatic rings. The maximum absolute atomic E-state index is 13.2. The molecule has 0 N–H and O–H groups in total. The summed E-state index contributed by atoms with van der Waals surface area (Å²) in [4.78, 5) is 0. The van der Waals surface area contributed by atoms with Gasteiger partial charge in [-0.2, -0.15) is 0 Å². The molecular weight excluding hydrogens is 187 g/mol. The molecule has 0 nitrogen and oxygen atoms in total. The molecule has 1 rings (SSSR count). The van der Waals surface area contributed by atoms with Crippen LogP contribution in [0.1, 0.15) is 44.7 Å². The summed E-state index contributed by atoms with van der Waals surface area (Å²) in [7, 11) is 0. The van der Waals surface area contributed by atoms with Crippen LogP contribution in [0, 0.1) is 24.6 Å². The van der Waals surface area contributed by atoms with Gasteiger partial charge in [0.15, 0.2) is 0 Å². The van der Waals surface area contributed by atoms with E-state index in [1.165, 1.54) is 6.07 Å². The van der Waals surface area contributed by atoms with Crippen molar-refractivity contribution in [3.8, 4) is 11.8 Å². The minimum Gasteiger partial charge on any atom is -0.206 e. The van der Waals surface area contributed by atoms with Crippen molar-refractivity contribution in [2.75, 3.05) is 0 Å². The Bertz CT molecular complexity index is 342. The molecule has 0 bridgehead atoms. The van der Waals surface area contributed by atoms with Crippen molar-refractivity contribution in [3.05, 3.63) is 35.1 Å². The van der Waals surface area contributed by atoms with Gasteiger partial charge in [-0.15, -0.1) is 0 Å². The zero-order valence-corrected chi connectivity index (χ0v) is 10.0. The Kier molecular flexibility index (Phi) is 7.36. The first-order valence-electron chi connectivity index (χ1n) is 5.49. The van der Waals surface area contributed by atoms with Crippen LogP contribution in [-0.4, -0.2) is 0 Å². The van der Waals surface area contributed by atoms with Crippen LogP contribution in [0.25, 0.3) is 0 Å². The first-order valence-corrected chi connectivity index (χ1v) is 5.49. The molecule has 0 aliphatic heterocycles. The van der Waals surface area contributed by atoms with Crippen LogP contribution in [0.15, 0.2) is 18.2 Å². The Morgan fingerprint density at radius 1 is 1.27 bits per heavy atom. The highest BCUT2D eigenvalue weighted by Crippen LogP contribution is 2.08. The van der Waals surface area contributed by atoms with E-state index in [0.717, 1.165) is 18.4 Å². The summed E-state index contributed by atoms with van der Waals surface area (Å²) >= 11 is 0. The summed E-state index contributed by atoms with van der Waals surface area (Å²) in [5, 5.41) is 0. The van der Waals surface area contributed by atoms with E-state index in [-0.39, 0.29) is 5.82 Å². The van der Waals surface area contributed by atoms with Crippen LogP contribution < -0.4 is 0 Å². The van der Waals surface area contributed by atoms with E-state index >= 15 is 0 Å². The van der Waals surface area contributed by atoms with Crippen LogP contribution in [0.3, 0.4) is 0 Å². The molecule has 0 atom stereocenters. The van der Waals surface area contributed by atoms with Gasteiger partial charge in [0, 0.05) is 6.42 Å². The van der Waals surface area contributed by atoms with E-state index < -0.39 is 0 Å². The van der Waals surface area contributed by atoms with Gasteiger partial charge in [0.2, 0.25) is 0 Å². The van der Waals surface area contributed by atoms with Crippen molar-refractivity contribution in [1.82, 2.24) is 0 Å². The largest absolute Gasteiger partial charge is 0.206 e. The summed E-state index contributed by atoms with van der Waals surface area (Å²) in [5.74, 6) is 5.52. The van der Waals surface area contributed by atoms with E-state index in [2.05, 4.69) is 18.8 Å². The van der Waals surface area contributed by atoms with Crippen LogP contribution >= 0.6 is 0 Å². The minimum atomic E-state index is -0.219. The second kappa shape index (κ2) is 8.05. The minimum absolute atomic E-state index is 0.219. The first kappa shape index (κ1) is 13.7. The molecular formula is C14H19F. The zero-order valence-electron chi connectivity index (χ0n) is 10.0. The Morgan fingerprint density at radius 2 is 1.93 bits per heavy atom. The average Bonchev–Trinajstić information content (AvgIpc) is 2.24. The Hall–Kier alpha value is -1.29. The molecule has 0 heterocycles. The average molecular weight is 206 g/mol. The fraction of sp³-hybridized carbons (Fsp3) is 0.429. The van der Waals surface area contributed by atoms with Crippen LogP contribution in [-0.2, 0) is 0 Å². The number of hydrogen-bond acceptors (Lipinski definition) is 0. The fourth-order valence-electron chi connectivity index (χ4n) is 1.00. The van der Waals surface area contributed by atoms with Gasteiger partial charge in [-0.05, 0) is 31.0 Å². The SMILES string of the molecule is CC.CCCC#Cc1ccc(C)cc1F. The quantitative estimate of drug-likeness (QED) is 0.600. The van der Waals surface area contributed by atoms with Gasteiger partial charge in [-0.25, -0.2) is 4.39 Å². The number of halogens is 1. The fourth-order valence-corrected chi connectivity index (χ4v) is 1.00. The Balaban J connectivity index is 0.000000921. The molecule has 15 heavy (non-hydrogen) atoms. The summed E-state index contributed by atoms with van der Waals surface area (Å²) in [6.07, 6.45) is 1.84. The lowest BCUT2D eigenvalue weighted by Crippen LogP contribution is -1.84. The summed E-state index contributed by atoms with van der Waals surface area (Å²) in [6.45, 7) is 7.92. The standard InChI is InChI=1S/C12H13F.C2H6/c1-3-4-5-6-11-8-7-10(2)9-12(11)13;1-2/h7-9H,3-4H2,1-2H3;1-2H3. The smallest absolute Gasteiger partial charge is 0.139 e. The lowest BCUT2D eigenvalue weighted by Gasteiger charge is -1.95. The predicted molar refractivity (Wildman–Crippen MR) is 64.3 cm³/mol. The number of hydrogen-bond donors (Lipinski definition) is 0. The van der Waals surface area contributed by atoms with Crippen molar-refractivity contribution in [2.24, 2.45) is 0 Å². The molecule has 1 aromatic carbocycles. The maximum Gasteiger partial charge on any atom is 0.139 e. The van der Waals surface area contributed by atoms with Crippen LogP contribution in [0.2, 0.25) is 0 Å². The molecule has 0 spiro atoms. The summed E-state index contributed by atoms with van der Waals surface area (Å²) in [6, 6.07) is 5.11. The van der Waals surface area contributed by atoms with Gasteiger partial charge in [0.05, 0.1) is 5.56 Å². The van der Waals surface area contributed by atoms with E-state index in [4.69, 9.17) is 0 Å². The molecule has 0 radical (unpaired) electrons. The van der Waals surface area contributed by atoms with Crippen molar-refractivity contribution in [1.29, 1.82) is 0 Å².